The number of alkyl halides is 1. The van der Waals surface area contributed by atoms with Gasteiger partial charge in [-0.1, -0.05) is 26.8 Å². The van der Waals surface area contributed by atoms with Gasteiger partial charge in [-0.2, -0.15) is 0 Å². The minimum atomic E-state index is 0.132. The smallest absolute Gasteiger partial charge is 0.147 e. The van der Waals surface area contributed by atoms with E-state index in [0.717, 1.165) is 29.0 Å². The van der Waals surface area contributed by atoms with Crippen LogP contribution in [0.2, 0.25) is 0 Å². The molecule has 0 fully saturated rings. The van der Waals surface area contributed by atoms with Gasteiger partial charge in [0.2, 0.25) is 0 Å². The first-order chi connectivity index (χ1) is 9.99. The van der Waals surface area contributed by atoms with Gasteiger partial charge in [0.15, 0.2) is 0 Å². The Kier molecular flexibility index (Phi) is 5.15. The summed E-state index contributed by atoms with van der Waals surface area (Å²) < 4.78 is 8.19. The van der Waals surface area contributed by atoms with Crippen LogP contribution < -0.4 is 4.74 Å². The highest BCUT2D eigenvalue weighted by atomic mass is 35.5. The Bertz CT molecular complexity index is 604. The molecule has 2 rings (SSSR count). The summed E-state index contributed by atoms with van der Waals surface area (Å²) in [6.07, 6.45) is 1.19. The van der Waals surface area contributed by atoms with E-state index in [1.54, 1.807) is 0 Å². The number of hydrogen-bond donors (Lipinski definition) is 0. The standard InChI is InChI=1S/C17H25ClN2O/c1-6-13(11(2)3)20-14-8-7-9-15(21-12(4)5)17(14)19-16(20)10-18/h7-9,11-13H,6,10H2,1-5H3. The molecule has 0 aliphatic heterocycles. The van der Waals surface area contributed by atoms with Gasteiger partial charge in [-0.15, -0.1) is 11.6 Å². The van der Waals surface area contributed by atoms with E-state index in [0.29, 0.717) is 17.8 Å². The summed E-state index contributed by atoms with van der Waals surface area (Å²) in [4.78, 5) is 4.74. The Morgan fingerprint density at radius 1 is 1.24 bits per heavy atom. The maximum absolute atomic E-state index is 6.14. The van der Waals surface area contributed by atoms with Crippen molar-refractivity contribution in [2.45, 2.75) is 59.1 Å². The monoisotopic (exact) mass is 308 g/mol. The highest BCUT2D eigenvalue weighted by Gasteiger charge is 2.21. The van der Waals surface area contributed by atoms with Crippen LogP contribution in [0, 0.1) is 5.92 Å². The number of fused-ring (bicyclic) bond motifs is 1. The van der Waals surface area contributed by atoms with Gasteiger partial charge in [0.25, 0.3) is 0 Å². The van der Waals surface area contributed by atoms with Crippen molar-refractivity contribution in [1.29, 1.82) is 0 Å². The summed E-state index contributed by atoms with van der Waals surface area (Å²) in [5.41, 5.74) is 2.03. The zero-order valence-electron chi connectivity index (χ0n) is 13.6. The average Bonchev–Trinajstić information content (AvgIpc) is 2.79. The second-order valence-corrected chi connectivity index (χ2v) is 6.31. The van der Waals surface area contributed by atoms with Gasteiger partial charge in [-0.05, 0) is 38.3 Å². The molecule has 0 aliphatic carbocycles. The minimum Gasteiger partial charge on any atom is -0.489 e. The van der Waals surface area contributed by atoms with Crippen molar-refractivity contribution in [3.63, 3.8) is 0 Å². The molecule has 21 heavy (non-hydrogen) atoms. The summed E-state index contributed by atoms with van der Waals surface area (Å²) in [6, 6.07) is 6.52. The molecule has 2 aromatic rings. The summed E-state index contributed by atoms with van der Waals surface area (Å²) in [5.74, 6) is 2.71. The number of rotatable bonds is 6. The van der Waals surface area contributed by atoms with Crippen LogP contribution in [0.15, 0.2) is 18.2 Å². The Balaban J connectivity index is 2.64. The van der Waals surface area contributed by atoms with Crippen molar-refractivity contribution in [2.75, 3.05) is 0 Å². The molecule has 0 saturated carbocycles. The summed E-state index contributed by atoms with van der Waals surface area (Å²) in [6.45, 7) is 10.8. The van der Waals surface area contributed by atoms with Gasteiger partial charge in [-0.3, -0.25) is 0 Å². The topological polar surface area (TPSA) is 27.1 Å². The average molecular weight is 309 g/mol. The third-order valence-corrected chi connectivity index (χ3v) is 4.00. The lowest BCUT2D eigenvalue weighted by Gasteiger charge is -2.23. The lowest BCUT2D eigenvalue weighted by atomic mass is 10.0. The van der Waals surface area contributed by atoms with E-state index >= 15 is 0 Å². The summed E-state index contributed by atoms with van der Waals surface area (Å²) in [5, 5.41) is 0. The molecule has 3 nitrogen and oxygen atoms in total. The largest absolute Gasteiger partial charge is 0.489 e. The van der Waals surface area contributed by atoms with Crippen molar-refractivity contribution in [1.82, 2.24) is 9.55 Å². The number of ether oxygens (including phenoxy) is 1. The van der Waals surface area contributed by atoms with E-state index in [4.69, 9.17) is 21.3 Å². The molecule has 0 saturated heterocycles. The van der Waals surface area contributed by atoms with E-state index in [-0.39, 0.29) is 6.10 Å². The highest BCUT2D eigenvalue weighted by molar-refractivity contribution is 6.16. The minimum absolute atomic E-state index is 0.132. The van der Waals surface area contributed by atoms with E-state index in [2.05, 4.69) is 31.4 Å². The highest BCUT2D eigenvalue weighted by Crippen LogP contribution is 2.33. The molecule has 1 heterocycles. The SMILES string of the molecule is CCC(C(C)C)n1c(CCl)nc2c(OC(C)C)cccc21. The molecule has 1 unspecified atom stereocenters. The second-order valence-electron chi connectivity index (χ2n) is 6.04. The van der Waals surface area contributed by atoms with Crippen molar-refractivity contribution in [2.24, 2.45) is 5.92 Å². The Labute approximate surface area is 132 Å². The molecule has 0 amide bonds. The van der Waals surface area contributed by atoms with Crippen LogP contribution in [0.4, 0.5) is 0 Å². The number of imidazole rings is 1. The number of aromatic nitrogens is 2. The molecule has 0 spiro atoms. The number of benzene rings is 1. The van der Waals surface area contributed by atoms with Crippen LogP contribution in [-0.2, 0) is 5.88 Å². The first-order valence-electron chi connectivity index (χ1n) is 7.72. The van der Waals surface area contributed by atoms with Crippen LogP contribution in [0.25, 0.3) is 11.0 Å². The van der Waals surface area contributed by atoms with Gasteiger partial charge in [-0.25, -0.2) is 4.98 Å². The van der Waals surface area contributed by atoms with Crippen LogP contribution in [-0.4, -0.2) is 15.7 Å². The lowest BCUT2D eigenvalue weighted by Crippen LogP contribution is -2.16. The molecule has 0 radical (unpaired) electrons. The molecule has 1 aromatic heterocycles. The Hall–Kier alpha value is -1.22. The molecule has 4 heteroatoms. The normalized spacial score (nSPS) is 13.3. The van der Waals surface area contributed by atoms with E-state index in [9.17, 15) is 0 Å². The molecule has 0 N–H and O–H groups in total. The maximum Gasteiger partial charge on any atom is 0.147 e. The van der Waals surface area contributed by atoms with Crippen molar-refractivity contribution < 1.29 is 4.74 Å². The molecule has 0 aliphatic rings. The fourth-order valence-electron chi connectivity index (χ4n) is 2.90. The molecule has 116 valence electrons. The van der Waals surface area contributed by atoms with Gasteiger partial charge in [0, 0.05) is 6.04 Å². The second kappa shape index (κ2) is 6.69. The van der Waals surface area contributed by atoms with Crippen LogP contribution in [0.3, 0.4) is 0 Å². The first-order valence-corrected chi connectivity index (χ1v) is 8.25. The first kappa shape index (κ1) is 16.2. The van der Waals surface area contributed by atoms with Crippen LogP contribution in [0.1, 0.15) is 52.9 Å². The zero-order chi connectivity index (χ0) is 15.6. The number of nitrogens with zero attached hydrogens (tertiary/aromatic N) is 2. The number of hydrogen-bond acceptors (Lipinski definition) is 2. The molecule has 1 aromatic carbocycles. The maximum atomic E-state index is 6.14. The zero-order valence-corrected chi connectivity index (χ0v) is 14.3. The Morgan fingerprint density at radius 2 is 1.95 bits per heavy atom. The third kappa shape index (κ3) is 3.18. The van der Waals surface area contributed by atoms with Crippen LogP contribution in [0.5, 0.6) is 5.75 Å². The van der Waals surface area contributed by atoms with Gasteiger partial charge in [0.05, 0.1) is 17.5 Å². The third-order valence-electron chi connectivity index (χ3n) is 3.76. The van der Waals surface area contributed by atoms with Gasteiger partial charge < -0.3 is 9.30 Å². The van der Waals surface area contributed by atoms with E-state index < -0.39 is 0 Å². The van der Waals surface area contributed by atoms with E-state index in [1.807, 2.05) is 26.0 Å². The predicted molar refractivity (Wildman–Crippen MR) is 89.2 cm³/mol. The molecular formula is C17H25ClN2O. The fraction of sp³-hybridized carbons (Fsp3) is 0.588. The molecular weight excluding hydrogens is 284 g/mol. The van der Waals surface area contributed by atoms with Crippen LogP contribution >= 0.6 is 11.6 Å². The molecule has 0 bridgehead atoms. The fourth-order valence-corrected chi connectivity index (χ4v) is 3.09. The van der Waals surface area contributed by atoms with Crippen molar-refractivity contribution in [3.8, 4) is 5.75 Å². The summed E-state index contributed by atoms with van der Waals surface area (Å²) in [7, 11) is 0. The van der Waals surface area contributed by atoms with Gasteiger partial charge in [0.1, 0.15) is 17.1 Å². The van der Waals surface area contributed by atoms with Crippen molar-refractivity contribution >= 4 is 22.6 Å². The van der Waals surface area contributed by atoms with Gasteiger partial charge >= 0.3 is 0 Å². The lowest BCUT2D eigenvalue weighted by molar-refractivity contribution is 0.245. The number of para-hydroxylation sites is 1. The Morgan fingerprint density at radius 3 is 2.48 bits per heavy atom. The van der Waals surface area contributed by atoms with Crippen molar-refractivity contribution in [3.05, 3.63) is 24.0 Å². The quantitative estimate of drug-likeness (QED) is 0.688. The predicted octanol–water partition coefficient (Wildman–Crippen LogP) is 5.17. The molecule has 1 atom stereocenters. The summed E-state index contributed by atoms with van der Waals surface area (Å²) >= 11 is 6.14. The number of halogens is 1. The van der Waals surface area contributed by atoms with E-state index in [1.165, 1.54) is 0 Å².